The van der Waals surface area contributed by atoms with Crippen molar-refractivity contribution < 1.29 is 30.8 Å². The van der Waals surface area contributed by atoms with Crippen molar-refractivity contribution in [3.63, 3.8) is 0 Å². The number of morpholine rings is 1. The number of amides is 1. The molecular formula is C24H23N3O7S3. The molecule has 0 bridgehead atoms. The number of benzene rings is 2. The molecule has 0 saturated carbocycles. The van der Waals surface area contributed by atoms with Gasteiger partial charge in [0.25, 0.3) is 5.91 Å². The van der Waals surface area contributed by atoms with Crippen molar-refractivity contribution in [2.75, 3.05) is 37.5 Å². The van der Waals surface area contributed by atoms with Gasteiger partial charge in [0.05, 0.1) is 46.0 Å². The third-order valence-electron chi connectivity index (χ3n) is 5.86. The Labute approximate surface area is 218 Å². The van der Waals surface area contributed by atoms with Crippen molar-refractivity contribution in [3.05, 3.63) is 72.2 Å². The smallest absolute Gasteiger partial charge is 0.260 e. The lowest BCUT2D eigenvalue weighted by atomic mass is 10.2. The number of anilines is 1. The molecule has 3 heterocycles. The molecule has 10 nitrogen and oxygen atoms in total. The van der Waals surface area contributed by atoms with Crippen LogP contribution in [-0.2, 0) is 31.1 Å². The van der Waals surface area contributed by atoms with Gasteiger partial charge in [-0.25, -0.2) is 21.8 Å². The number of carbonyl (C=O) groups is 1. The molecule has 2 aromatic heterocycles. The topological polar surface area (TPSA) is 127 Å². The lowest BCUT2D eigenvalue weighted by Gasteiger charge is -2.26. The average Bonchev–Trinajstić information content (AvgIpc) is 3.56. The number of hydrogen-bond donors (Lipinski definition) is 0. The number of carbonyl (C=O) groups excluding carboxylic acids is 1. The van der Waals surface area contributed by atoms with Gasteiger partial charge in [0, 0.05) is 24.9 Å². The number of sulfone groups is 1. The molecule has 1 aliphatic heterocycles. The van der Waals surface area contributed by atoms with E-state index in [0.29, 0.717) is 34.3 Å². The van der Waals surface area contributed by atoms with Crippen LogP contribution in [0.1, 0.15) is 16.1 Å². The summed E-state index contributed by atoms with van der Waals surface area (Å²) in [4.78, 5) is 19.9. The molecule has 13 heteroatoms. The van der Waals surface area contributed by atoms with Gasteiger partial charge in [-0.2, -0.15) is 4.31 Å². The number of hydrogen-bond acceptors (Lipinski definition) is 9. The van der Waals surface area contributed by atoms with E-state index in [2.05, 4.69) is 4.98 Å². The van der Waals surface area contributed by atoms with E-state index in [1.807, 2.05) is 0 Å². The van der Waals surface area contributed by atoms with E-state index in [1.165, 1.54) is 63.2 Å². The highest BCUT2D eigenvalue weighted by atomic mass is 32.2. The van der Waals surface area contributed by atoms with Gasteiger partial charge in [-0.3, -0.25) is 9.69 Å². The van der Waals surface area contributed by atoms with E-state index >= 15 is 0 Å². The van der Waals surface area contributed by atoms with Gasteiger partial charge in [0.1, 0.15) is 5.76 Å². The second kappa shape index (κ2) is 9.99. The standard InChI is InChI=1S/C24H23N3O7S3/c1-36(29,30)20-8-9-21-22(15-20)35-24(25-21)27(16-18-3-2-12-34-18)23(28)17-4-6-19(7-5-17)37(31,32)26-10-13-33-14-11-26/h2-9,12,15H,10-11,13-14,16H2,1H3. The van der Waals surface area contributed by atoms with Crippen LogP contribution in [0.3, 0.4) is 0 Å². The molecule has 4 aromatic rings. The summed E-state index contributed by atoms with van der Waals surface area (Å²) in [6.07, 6.45) is 2.63. The first-order chi connectivity index (χ1) is 17.6. The molecule has 0 radical (unpaired) electrons. The van der Waals surface area contributed by atoms with Gasteiger partial charge in [-0.15, -0.1) is 0 Å². The van der Waals surface area contributed by atoms with Crippen molar-refractivity contribution in [1.29, 1.82) is 0 Å². The molecule has 0 N–H and O–H groups in total. The lowest BCUT2D eigenvalue weighted by molar-refractivity contribution is 0.0730. The van der Waals surface area contributed by atoms with Crippen LogP contribution in [0.4, 0.5) is 5.13 Å². The number of furan rings is 1. The SMILES string of the molecule is CS(=O)(=O)c1ccc2nc(N(Cc3ccco3)C(=O)c3ccc(S(=O)(=O)N4CCOCC4)cc3)sc2c1. The summed E-state index contributed by atoms with van der Waals surface area (Å²) in [5.41, 5.74) is 0.820. The quantitative estimate of drug-likeness (QED) is 0.337. The Morgan fingerprint density at radius 3 is 2.38 bits per heavy atom. The number of thiazole rings is 1. The largest absolute Gasteiger partial charge is 0.467 e. The van der Waals surface area contributed by atoms with Gasteiger partial charge in [-0.1, -0.05) is 11.3 Å². The molecule has 1 fully saturated rings. The van der Waals surface area contributed by atoms with Crippen LogP contribution in [0, 0.1) is 0 Å². The summed E-state index contributed by atoms with van der Waals surface area (Å²) in [5, 5.41) is 0.354. The van der Waals surface area contributed by atoms with Crippen molar-refractivity contribution in [2.45, 2.75) is 16.3 Å². The lowest BCUT2D eigenvalue weighted by Crippen LogP contribution is -2.40. The first-order valence-electron chi connectivity index (χ1n) is 11.3. The Morgan fingerprint density at radius 2 is 1.73 bits per heavy atom. The summed E-state index contributed by atoms with van der Waals surface area (Å²) in [6.45, 7) is 1.31. The molecular weight excluding hydrogens is 538 g/mol. The summed E-state index contributed by atoms with van der Waals surface area (Å²) in [5.74, 6) is 0.116. The second-order valence-electron chi connectivity index (χ2n) is 8.41. The number of sulfonamides is 1. The van der Waals surface area contributed by atoms with Gasteiger partial charge in [0.2, 0.25) is 10.0 Å². The highest BCUT2D eigenvalue weighted by Gasteiger charge is 2.28. The van der Waals surface area contributed by atoms with Crippen LogP contribution in [0.25, 0.3) is 10.2 Å². The van der Waals surface area contributed by atoms with Crippen LogP contribution < -0.4 is 4.90 Å². The average molecular weight is 562 g/mol. The third kappa shape index (κ3) is 5.31. The minimum absolute atomic E-state index is 0.0818. The third-order valence-corrected chi connectivity index (χ3v) is 9.92. The predicted molar refractivity (Wildman–Crippen MR) is 138 cm³/mol. The second-order valence-corrected chi connectivity index (χ2v) is 13.4. The monoisotopic (exact) mass is 561 g/mol. The number of ether oxygens (including phenoxy) is 1. The molecule has 1 saturated heterocycles. The number of fused-ring (bicyclic) bond motifs is 1. The Kier molecular flexibility index (Phi) is 6.89. The minimum atomic E-state index is -3.70. The van der Waals surface area contributed by atoms with Gasteiger partial charge >= 0.3 is 0 Å². The Morgan fingerprint density at radius 1 is 1.03 bits per heavy atom. The Balaban J connectivity index is 1.48. The van der Waals surface area contributed by atoms with E-state index in [-0.39, 0.29) is 35.0 Å². The Hall–Kier alpha value is -3.10. The summed E-state index contributed by atoms with van der Waals surface area (Å²) in [6, 6.07) is 13.8. The van der Waals surface area contributed by atoms with Crippen LogP contribution in [-0.4, -0.2) is 64.6 Å². The summed E-state index contributed by atoms with van der Waals surface area (Å²) in [7, 11) is -7.10. The highest BCUT2D eigenvalue weighted by Crippen LogP contribution is 2.32. The maximum atomic E-state index is 13.6. The van der Waals surface area contributed by atoms with E-state index in [1.54, 1.807) is 18.2 Å². The normalized spacial score (nSPS) is 15.2. The molecule has 37 heavy (non-hydrogen) atoms. The van der Waals surface area contributed by atoms with Crippen molar-refractivity contribution in [1.82, 2.24) is 9.29 Å². The molecule has 5 rings (SSSR count). The van der Waals surface area contributed by atoms with E-state index in [9.17, 15) is 21.6 Å². The van der Waals surface area contributed by atoms with E-state index < -0.39 is 25.8 Å². The van der Waals surface area contributed by atoms with Crippen molar-refractivity contribution in [2.24, 2.45) is 0 Å². The number of rotatable bonds is 7. The zero-order chi connectivity index (χ0) is 26.2. The Bertz CT molecular complexity index is 1640. The van der Waals surface area contributed by atoms with Crippen molar-refractivity contribution in [3.8, 4) is 0 Å². The fraction of sp³-hybridized carbons (Fsp3) is 0.250. The molecule has 0 spiro atoms. The highest BCUT2D eigenvalue weighted by molar-refractivity contribution is 7.90. The van der Waals surface area contributed by atoms with Gasteiger partial charge in [-0.05, 0) is 54.6 Å². The van der Waals surface area contributed by atoms with Gasteiger partial charge < -0.3 is 9.15 Å². The fourth-order valence-corrected chi connectivity index (χ4v) is 7.02. The molecule has 1 aliphatic rings. The van der Waals surface area contributed by atoms with Crippen LogP contribution in [0.5, 0.6) is 0 Å². The first-order valence-corrected chi connectivity index (χ1v) is 15.4. The van der Waals surface area contributed by atoms with Crippen molar-refractivity contribution >= 4 is 52.5 Å². The van der Waals surface area contributed by atoms with Gasteiger partial charge in [0.15, 0.2) is 15.0 Å². The molecule has 194 valence electrons. The van der Waals surface area contributed by atoms with Crippen LogP contribution in [0.2, 0.25) is 0 Å². The molecule has 1 amide bonds. The molecule has 2 aromatic carbocycles. The maximum Gasteiger partial charge on any atom is 0.260 e. The molecule has 0 aliphatic carbocycles. The van der Waals surface area contributed by atoms with Crippen LogP contribution >= 0.6 is 11.3 Å². The zero-order valence-electron chi connectivity index (χ0n) is 19.7. The minimum Gasteiger partial charge on any atom is -0.467 e. The summed E-state index contributed by atoms with van der Waals surface area (Å²) >= 11 is 1.18. The zero-order valence-corrected chi connectivity index (χ0v) is 22.2. The number of nitrogens with zero attached hydrogens (tertiary/aromatic N) is 3. The first kappa shape index (κ1) is 25.5. The number of aromatic nitrogens is 1. The molecule has 0 unspecified atom stereocenters. The maximum absolute atomic E-state index is 13.6. The van der Waals surface area contributed by atoms with E-state index in [0.717, 1.165) is 6.26 Å². The fourth-order valence-electron chi connectivity index (χ4n) is 3.88. The predicted octanol–water partition coefficient (Wildman–Crippen LogP) is 3.16. The summed E-state index contributed by atoms with van der Waals surface area (Å²) < 4.78 is 62.5. The van der Waals surface area contributed by atoms with E-state index in [4.69, 9.17) is 9.15 Å². The molecule has 0 atom stereocenters. The van der Waals surface area contributed by atoms with Crippen LogP contribution in [0.15, 0.2) is 75.1 Å².